The van der Waals surface area contributed by atoms with Crippen molar-refractivity contribution in [3.05, 3.63) is 0 Å². The Morgan fingerprint density at radius 3 is 2.05 bits per heavy atom. The summed E-state index contributed by atoms with van der Waals surface area (Å²) in [5, 5.41) is 2.54. The number of carbonyl (C=O) groups excluding carboxylic acids is 1. The summed E-state index contributed by atoms with van der Waals surface area (Å²) in [5.41, 5.74) is 0. The highest BCUT2D eigenvalue weighted by Crippen LogP contribution is 2.10. The summed E-state index contributed by atoms with van der Waals surface area (Å²) in [6.45, 7) is 5.83. The van der Waals surface area contributed by atoms with E-state index in [9.17, 15) is 4.79 Å². The molecule has 0 bridgehead atoms. The predicted molar refractivity (Wildman–Crippen MR) is 85.6 cm³/mol. The topological polar surface area (TPSA) is 38.3 Å². The maximum absolute atomic E-state index is 9.97. The first-order valence-electron chi connectivity index (χ1n) is 8.52. The van der Waals surface area contributed by atoms with Gasteiger partial charge in [0.15, 0.2) is 0 Å². The molecule has 0 aliphatic rings. The average Bonchev–Trinajstić information content (AvgIpc) is 2.45. The number of amides is 1. The van der Waals surface area contributed by atoms with Crippen molar-refractivity contribution in [2.45, 2.75) is 90.6 Å². The van der Waals surface area contributed by atoms with Crippen LogP contribution in [0.15, 0.2) is 0 Å². The first-order chi connectivity index (χ1) is 9.81. The van der Waals surface area contributed by atoms with Crippen LogP contribution in [0.4, 0.5) is 0 Å². The molecule has 0 fully saturated rings. The van der Waals surface area contributed by atoms with Crippen LogP contribution in [0.5, 0.6) is 0 Å². The lowest BCUT2D eigenvalue weighted by molar-refractivity contribution is 0.0584. The Bertz CT molecular complexity index is 197. The van der Waals surface area contributed by atoms with Crippen molar-refractivity contribution < 1.29 is 9.53 Å². The summed E-state index contributed by atoms with van der Waals surface area (Å²) < 4.78 is 5.69. The number of ether oxygens (including phenoxy) is 1. The van der Waals surface area contributed by atoms with E-state index >= 15 is 0 Å². The van der Waals surface area contributed by atoms with Crippen LogP contribution in [-0.2, 0) is 9.53 Å². The standard InChI is InChI=1S/C17H34NO2/c1-3-4-5-6-7-8-9-10-11-12-15-20-17(2)13-14-18-16-19/h17H,3-15H2,1-2H3,(H,18,19). The molecule has 1 atom stereocenters. The Hall–Kier alpha value is -0.570. The SMILES string of the molecule is CCCCCCCCCCCCOC(C)CCN[C]=O. The summed E-state index contributed by atoms with van der Waals surface area (Å²) in [4.78, 5) is 9.97. The fourth-order valence-electron chi connectivity index (χ4n) is 2.28. The van der Waals surface area contributed by atoms with Crippen LogP contribution in [0.25, 0.3) is 0 Å². The zero-order chi connectivity index (χ0) is 14.9. The van der Waals surface area contributed by atoms with Crippen molar-refractivity contribution in [3.8, 4) is 0 Å². The minimum atomic E-state index is 0.231. The summed E-state index contributed by atoms with van der Waals surface area (Å²) in [5.74, 6) is 0. The molecule has 3 nitrogen and oxygen atoms in total. The molecule has 0 aliphatic heterocycles. The molecule has 119 valence electrons. The fourth-order valence-corrected chi connectivity index (χ4v) is 2.28. The number of nitrogens with one attached hydrogen (secondary N) is 1. The first kappa shape index (κ1) is 19.4. The lowest BCUT2D eigenvalue weighted by Crippen LogP contribution is -2.19. The molecule has 0 saturated heterocycles. The Morgan fingerprint density at radius 2 is 1.50 bits per heavy atom. The molecule has 0 heterocycles. The fraction of sp³-hybridized carbons (Fsp3) is 0.941. The molecule has 0 aromatic carbocycles. The van der Waals surface area contributed by atoms with Crippen molar-refractivity contribution in [3.63, 3.8) is 0 Å². The van der Waals surface area contributed by atoms with Gasteiger partial charge in [-0.05, 0) is 19.8 Å². The van der Waals surface area contributed by atoms with Gasteiger partial charge < -0.3 is 10.1 Å². The molecule has 1 amide bonds. The van der Waals surface area contributed by atoms with Gasteiger partial charge >= 0.3 is 6.41 Å². The lowest BCUT2D eigenvalue weighted by Gasteiger charge is -2.12. The van der Waals surface area contributed by atoms with Gasteiger partial charge in [-0.25, -0.2) is 0 Å². The molecular weight excluding hydrogens is 250 g/mol. The van der Waals surface area contributed by atoms with E-state index in [1.54, 1.807) is 6.41 Å². The summed E-state index contributed by atoms with van der Waals surface area (Å²) >= 11 is 0. The second kappa shape index (κ2) is 16.5. The zero-order valence-corrected chi connectivity index (χ0v) is 13.6. The van der Waals surface area contributed by atoms with Gasteiger partial charge in [0.25, 0.3) is 0 Å². The predicted octanol–water partition coefficient (Wildman–Crippen LogP) is 4.36. The maximum Gasteiger partial charge on any atom is 0.309 e. The molecule has 1 radical (unpaired) electrons. The molecule has 0 spiro atoms. The summed E-state index contributed by atoms with van der Waals surface area (Å²) in [6, 6.07) is 0. The third kappa shape index (κ3) is 15.5. The van der Waals surface area contributed by atoms with Crippen LogP contribution in [0.3, 0.4) is 0 Å². The van der Waals surface area contributed by atoms with Crippen LogP contribution in [-0.4, -0.2) is 25.7 Å². The quantitative estimate of drug-likeness (QED) is 0.338. The summed E-state index contributed by atoms with van der Waals surface area (Å²) in [7, 11) is 0. The molecule has 3 heteroatoms. The molecule has 1 N–H and O–H groups in total. The van der Waals surface area contributed by atoms with Crippen molar-refractivity contribution in [1.29, 1.82) is 0 Å². The highest BCUT2D eigenvalue weighted by atomic mass is 16.5. The molecule has 0 aliphatic carbocycles. The second-order valence-corrected chi connectivity index (χ2v) is 5.68. The first-order valence-corrected chi connectivity index (χ1v) is 8.52. The lowest BCUT2D eigenvalue weighted by atomic mass is 10.1. The van der Waals surface area contributed by atoms with E-state index in [1.165, 1.54) is 57.8 Å². The maximum atomic E-state index is 9.97. The monoisotopic (exact) mass is 284 g/mol. The van der Waals surface area contributed by atoms with E-state index < -0.39 is 0 Å². The second-order valence-electron chi connectivity index (χ2n) is 5.68. The highest BCUT2D eigenvalue weighted by molar-refractivity contribution is 5.46. The minimum Gasteiger partial charge on any atom is -0.378 e. The third-order valence-electron chi connectivity index (χ3n) is 3.65. The average molecular weight is 284 g/mol. The minimum absolute atomic E-state index is 0.231. The van der Waals surface area contributed by atoms with Crippen LogP contribution in [0.1, 0.15) is 84.5 Å². The van der Waals surface area contributed by atoms with Gasteiger partial charge in [-0.1, -0.05) is 64.7 Å². The van der Waals surface area contributed by atoms with Gasteiger partial charge in [0, 0.05) is 13.2 Å². The third-order valence-corrected chi connectivity index (χ3v) is 3.65. The van der Waals surface area contributed by atoms with Gasteiger partial charge in [0.2, 0.25) is 0 Å². The van der Waals surface area contributed by atoms with Gasteiger partial charge in [-0.2, -0.15) is 0 Å². The van der Waals surface area contributed by atoms with Gasteiger partial charge in [0.05, 0.1) is 6.10 Å². The number of rotatable bonds is 16. The Kier molecular flexibility index (Phi) is 16.0. The van der Waals surface area contributed by atoms with Crippen LogP contribution in [0.2, 0.25) is 0 Å². The van der Waals surface area contributed by atoms with Crippen molar-refractivity contribution in [2.24, 2.45) is 0 Å². The van der Waals surface area contributed by atoms with E-state index in [1.807, 2.05) is 0 Å². The van der Waals surface area contributed by atoms with Crippen molar-refractivity contribution in [2.75, 3.05) is 13.2 Å². The largest absolute Gasteiger partial charge is 0.378 e. The molecule has 20 heavy (non-hydrogen) atoms. The molecule has 0 aromatic rings. The number of unbranched alkanes of at least 4 members (excludes halogenated alkanes) is 9. The molecule has 0 aromatic heterocycles. The van der Waals surface area contributed by atoms with Crippen molar-refractivity contribution in [1.82, 2.24) is 5.32 Å². The van der Waals surface area contributed by atoms with Crippen LogP contribution < -0.4 is 5.32 Å². The molecule has 0 saturated carbocycles. The highest BCUT2D eigenvalue weighted by Gasteiger charge is 2.01. The zero-order valence-electron chi connectivity index (χ0n) is 13.6. The number of hydrogen-bond donors (Lipinski definition) is 1. The molecular formula is C17H34NO2. The van der Waals surface area contributed by atoms with E-state index in [0.29, 0.717) is 6.54 Å². The smallest absolute Gasteiger partial charge is 0.309 e. The van der Waals surface area contributed by atoms with Gasteiger partial charge in [0.1, 0.15) is 0 Å². The van der Waals surface area contributed by atoms with Gasteiger partial charge in [-0.3, -0.25) is 4.79 Å². The molecule has 1 unspecified atom stereocenters. The van der Waals surface area contributed by atoms with Crippen LogP contribution in [0, 0.1) is 0 Å². The Balaban J connectivity index is 3.06. The van der Waals surface area contributed by atoms with E-state index in [0.717, 1.165) is 19.4 Å². The summed E-state index contributed by atoms with van der Waals surface area (Å²) in [6.07, 6.45) is 16.3. The van der Waals surface area contributed by atoms with Crippen molar-refractivity contribution >= 4 is 6.41 Å². The van der Waals surface area contributed by atoms with E-state index in [2.05, 4.69) is 19.2 Å². The Morgan fingerprint density at radius 1 is 0.950 bits per heavy atom. The normalized spacial score (nSPS) is 12.3. The van der Waals surface area contributed by atoms with Crippen LogP contribution >= 0.6 is 0 Å². The Labute approximate surface area is 125 Å². The molecule has 0 rings (SSSR count). The van der Waals surface area contributed by atoms with E-state index in [4.69, 9.17) is 4.74 Å². The van der Waals surface area contributed by atoms with E-state index in [-0.39, 0.29) is 6.10 Å². The van der Waals surface area contributed by atoms with Gasteiger partial charge in [-0.15, -0.1) is 0 Å². The number of hydrogen-bond acceptors (Lipinski definition) is 2.